The van der Waals surface area contributed by atoms with Crippen molar-refractivity contribution in [2.45, 2.75) is 19.5 Å². The molecule has 3 N–H and O–H groups in total. The van der Waals surface area contributed by atoms with Crippen LogP contribution in [0.4, 0.5) is 0 Å². The average molecular weight is 350 g/mol. The van der Waals surface area contributed by atoms with Gasteiger partial charge in [-0.3, -0.25) is 0 Å². The number of hydrogen-bond acceptors (Lipinski definition) is 4. The topological polar surface area (TPSA) is 61.7 Å². The number of phenolic OH excluding ortho intramolecular Hbond substituents is 2. The molecule has 110 valence electrons. The number of fused-ring (bicyclic) bond motifs is 1. The van der Waals surface area contributed by atoms with Crippen molar-refractivity contribution in [2.75, 3.05) is 6.61 Å². The summed E-state index contributed by atoms with van der Waals surface area (Å²) < 4.78 is 6.74. The van der Waals surface area contributed by atoms with Crippen molar-refractivity contribution < 1.29 is 14.9 Å². The van der Waals surface area contributed by atoms with Crippen LogP contribution in [-0.2, 0) is 19.5 Å². The van der Waals surface area contributed by atoms with Crippen molar-refractivity contribution in [3.8, 4) is 17.2 Å². The zero-order chi connectivity index (χ0) is 14.8. The summed E-state index contributed by atoms with van der Waals surface area (Å²) in [6, 6.07) is 8.76. The molecule has 0 fully saturated rings. The largest absolute Gasteiger partial charge is 0.508 e. The van der Waals surface area contributed by atoms with Gasteiger partial charge in [-0.05, 0) is 23.8 Å². The third-order valence-electron chi connectivity index (χ3n) is 3.53. The predicted molar refractivity (Wildman–Crippen MR) is 83.7 cm³/mol. The Bertz CT molecular complexity index is 673. The number of halogens is 1. The Balaban J connectivity index is 1.68. The fraction of sp³-hybridized carbons (Fsp3) is 0.250. The number of ether oxygens (including phenoxy) is 1. The maximum Gasteiger partial charge on any atom is 0.127 e. The van der Waals surface area contributed by atoms with Gasteiger partial charge in [0.2, 0.25) is 0 Å². The van der Waals surface area contributed by atoms with Crippen LogP contribution in [0.3, 0.4) is 0 Å². The monoisotopic (exact) mass is 349 g/mol. The van der Waals surface area contributed by atoms with Crippen molar-refractivity contribution >= 4 is 15.9 Å². The summed E-state index contributed by atoms with van der Waals surface area (Å²) in [5.74, 6) is 1.13. The van der Waals surface area contributed by atoms with Crippen LogP contribution in [-0.4, -0.2) is 16.8 Å². The van der Waals surface area contributed by atoms with E-state index in [0.717, 1.165) is 34.4 Å². The number of phenols is 2. The molecule has 2 aromatic rings. The highest BCUT2D eigenvalue weighted by Crippen LogP contribution is 2.33. The van der Waals surface area contributed by atoms with Crippen LogP contribution in [0.5, 0.6) is 17.2 Å². The molecule has 0 spiro atoms. The van der Waals surface area contributed by atoms with Gasteiger partial charge in [0.1, 0.15) is 17.2 Å². The highest BCUT2D eigenvalue weighted by Gasteiger charge is 2.17. The first-order valence-electron chi connectivity index (χ1n) is 6.79. The molecule has 0 aromatic heterocycles. The van der Waals surface area contributed by atoms with Crippen LogP contribution in [0, 0.1) is 0 Å². The van der Waals surface area contributed by atoms with Crippen LogP contribution in [0.15, 0.2) is 34.8 Å². The predicted octanol–water partition coefficient (Wildman–Crippen LogP) is 3.09. The third-order valence-corrected chi connectivity index (χ3v) is 3.98. The molecule has 0 aliphatic carbocycles. The van der Waals surface area contributed by atoms with E-state index >= 15 is 0 Å². The van der Waals surface area contributed by atoms with Crippen molar-refractivity contribution in [1.82, 2.24) is 5.32 Å². The lowest BCUT2D eigenvalue weighted by Gasteiger charge is -2.11. The highest BCUT2D eigenvalue weighted by molar-refractivity contribution is 9.10. The molecule has 21 heavy (non-hydrogen) atoms. The SMILES string of the molecule is Oc1ccc(CNCc2cc(Br)cc3c2OCC3)c(O)c1. The Morgan fingerprint density at radius 2 is 1.90 bits per heavy atom. The molecule has 0 amide bonds. The summed E-state index contributed by atoms with van der Waals surface area (Å²) in [5, 5.41) is 22.3. The number of nitrogens with one attached hydrogen (secondary N) is 1. The molecule has 5 heteroatoms. The van der Waals surface area contributed by atoms with Gasteiger partial charge in [0, 0.05) is 41.2 Å². The lowest BCUT2D eigenvalue weighted by molar-refractivity contribution is 0.352. The minimum atomic E-state index is 0.0643. The van der Waals surface area contributed by atoms with Gasteiger partial charge in [0.25, 0.3) is 0 Å². The third kappa shape index (κ3) is 3.14. The van der Waals surface area contributed by atoms with Crippen molar-refractivity contribution in [3.63, 3.8) is 0 Å². The van der Waals surface area contributed by atoms with Crippen LogP contribution in [0.1, 0.15) is 16.7 Å². The summed E-state index contributed by atoms with van der Waals surface area (Å²) in [6.07, 6.45) is 0.945. The Kier molecular flexibility index (Phi) is 4.03. The van der Waals surface area contributed by atoms with E-state index in [2.05, 4.69) is 27.3 Å². The molecular formula is C16H16BrNO3. The molecule has 4 nitrogen and oxygen atoms in total. The summed E-state index contributed by atoms with van der Waals surface area (Å²) in [6.45, 7) is 1.91. The molecule has 1 heterocycles. The van der Waals surface area contributed by atoms with Crippen molar-refractivity contribution in [1.29, 1.82) is 0 Å². The number of benzene rings is 2. The number of hydrogen-bond donors (Lipinski definition) is 3. The van der Waals surface area contributed by atoms with Gasteiger partial charge in [-0.1, -0.05) is 22.0 Å². The highest BCUT2D eigenvalue weighted by atomic mass is 79.9. The number of rotatable bonds is 4. The Labute approximate surface area is 131 Å². The Hall–Kier alpha value is -1.72. The minimum Gasteiger partial charge on any atom is -0.508 e. The Morgan fingerprint density at radius 1 is 1.10 bits per heavy atom. The van der Waals surface area contributed by atoms with Gasteiger partial charge in [-0.2, -0.15) is 0 Å². The second-order valence-electron chi connectivity index (χ2n) is 5.07. The van der Waals surface area contributed by atoms with E-state index in [4.69, 9.17) is 4.74 Å². The first-order chi connectivity index (χ1) is 10.1. The molecule has 3 rings (SSSR count). The summed E-state index contributed by atoms with van der Waals surface area (Å²) in [5.41, 5.74) is 3.09. The van der Waals surface area contributed by atoms with Crippen LogP contribution in [0.2, 0.25) is 0 Å². The van der Waals surface area contributed by atoms with Crippen LogP contribution < -0.4 is 10.1 Å². The van der Waals surface area contributed by atoms with E-state index in [-0.39, 0.29) is 11.5 Å². The van der Waals surface area contributed by atoms with Crippen molar-refractivity contribution in [2.24, 2.45) is 0 Å². The fourth-order valence-corrected chi connectivity index (χ4v) is 3.06. The number of aromatic hydroxyl groups is 2. The standard InChI is InChI=1S/C16H16BrNO3/c17-13-5-10-3-4-21-16(10)12(6-13)9-18-8-11-1-2-14(19)7-15(11)20/h1-2,5-7,18-20H,3-4,8-9H2. The van der Waals surface area contributed by atoms with E-state index in [0.29, 0.717) is 13.1 Å². The first kappa shape index (κ1) is 14.2. The van der Waals surface area contributed by atoms with Crippen LogP contribution >= 0.6 is 15.9 Å². The zero-order valence-electron chi connectivity index (χ0n) is 11.4. The molecule has 0 atom stereocenters. The molecule has 1 aliphatic heterocycles. The first-order valence-corrected chi connectivity index (χ1v) is 7.58. The molecule has 0 saturated heterocycles. The fourth-order valence-electron chi connectivity index (χ4n) is 2.51. The Morgan fingerprint density at radius 3 is 2.71 bits per heavy atom. The lowest BCUT2D eigenvalue weighted by Crippen LogP contribution is -2.13. The second kappa shape index (κ2) is 5.95. The average Bonchev–Trinajstić information content (AvgIpc) is 2.89. The van der Waals surface area contributed by atoms with Crippen molar-refractivity contribution in [3.05, 3.63) is 51.5 Å². The summed E-state index contributed by atoms with van der Waals surface area (Å²) >= 11 is 3.52. The van der Waals surface area contributed by atoms with E-state index < -0.39 is 0 Å². The van der Waals surface area contributed by atoms with Gasteiger partial charge in [0.15, 0.2) is 0 Å². The van der Waals surface area contributed by atoms with E-state index in [1.165, 1.54) is 11.6 Å². The van der Waals surface area contributed by atoms with E-state index in [1.807, 2.05) is 6.07 Å². The minimum absolute atomic E-state index is 0.0643. The molecule has 1 aliphatic rings. The quantitative estimate of drug-likeness (QED) is 0.793. The van der Waals surface area contributed by atoms with E-state index in [1.54, 1.807) is 12.1 Å². The molecule has 0 radical (unpaired) electrons. The molecule has 0 saturated carbocycles. The second-order valence-corrected chi connectivity index (χ2v) is 5.98. The van der Waals surface area contributed by atoms with Gasteiger partial charge < -0.3 is 20.3 Å². The van der Waals surface area contributed by atoms with Crippen LogP contribution in [0.25, 0.3) is 0 Å². The molecule has 2 aromatic carbocycles. The smallest absolute Gasteiger partial charge is 0.127 e. The zero-order valence-corrected chi connectivity index (χ0v) is 13.0. The summed E-state index contributed by atoms with van der Waals surface area (Å²) in [7, 11) is 0. The van der Waals surface area contributed by atoms with Gasteiger partial charge >= 0.3 is 0 Å². The normalized spacial score (nSPS) is 13.0. The van der Waals surface area contributed by atoms with Gasteiger partial charge in [-0.25, -0.2) is 0 Å². The summed E-state index contributed by atoms with van der Waals surface area (Å²) in [4.78, 5) is 0. The van der Waals surface area contributed by atoms with E-state index in [9.17, 15) is 10.2 Å². The maximum atomic E-state index is 9.76. The molecule has 0 bridgehead atoms. The van der Waals surface area contributed by atoms with Gasteiger partial charge in [0.05, 0.1) is 6.61 Å². The molecule has 0 unspecified atom stereocenters. The van der Waals surface area contributed by atoms with Gasteiger partial charge in [-0.15, -0.1) is 0 Å². The maximum absolute atomic E-state index is 9.76. The lowest BCUT2D eigenvalue weighted by atomic mass is 10.1. The molecular weight excluding hydrogens is 334 g/mol.